The van der Waals surface area contributed by atoms with Crippen molar-refractivity contribution >= 4 is 27.3 Å². The summed E-state index contributed by atoms with van der Waals surface area (Å²) in [4.78, 5) is 13.9. The third kappa shape index (κ3) is 2.45. The number of likely N-dealkylation sites (N-methyl/N-ethyl adjacent to an activating group) is 1. The number of hydrogen-bond donors (Lipinski definition) is 1. The number of hydrogen-bond acceptors (Lipinski definition) is 3. The first-order valence-electron chi connectivity index (χ1n) is 5.17. The zero-order valence-electron chi connectivity index (χ0n) is 9.31. The second kappa shape index (κ2) is 4.81. The first-order valence-corrected chi connectivity index (χ1v) is 5.99. The molecule has 90 valence electrons. The van der Waals surface area contributed by atoms with Gasteiger partial charge in [-0.15, -0.1) is 11.3 Å². The molecule has 0 bridgehead atoms. The topological polar surface area (TPSA) is 40.5 Å². The molecule has 0 atom stereocenters. The summed E-state index contributed by atoms with van der Waals surface area (Å²) in [5.41, 5.74) is 0. The highest BCUT2D eigenvalue weighted by molar-refractivity contribution is 7.20. The van der Waals surface area contributed by atoms with E-state index in [0.29, 0.717) is 11.4 Å². The van der Waals surface area contributed by atoms with Gasteiger partial charge in [0.15, 0.2) is 0 Å². The Morgan fingerprint density at radius 1 is 1.47 bits per heavy atom. The fourth-order valence-corrected chi connectivity index (χ4v) is 2.63. The van der Waals surface area contributed by atoms with Crippen molar-refractivity contribution in [2.24, 2.45) is 0 Å². The van der Waals surface area contributed by atoms with Crippen LogP contribution in [0.25, 0.3) is 10.1 Å². The molecule has 0 saturated carbocycles. The van der Waals surface area contributed by atoms with Gasteiger partial charge in [-0.2, -0.15) is 0 Å². The Bertz CT molecular complexity index is 552. The lowest BCUT2D eigenvalue weighted by molar-refractivity contribution is 0.0772. The van der Waals surface area contributed by atoms with Crippen molar-refractivity contribution in [1.29, 1.82) is 0 Å². The minimum Gasteiger partial charge on any atom is -0.395 e. The Morgan fingerprint density at radius 3 is 2.94 bits per heavy atom. The molecule has 0 spiro atoms. The van der Waals surface area contributed by atoms with Crippen molar-refractivity contribution in [3.8, 4) is 0 Å². The summed E-state index contributed by atoms with van der Waals surface area (Å²) in [5.74, 6) is -0.456. The van der Waals surface area contributed by atoms with Crippen molar-refractivity contribution in [2.75, 3.05) is 20.2 Å². The number of aliphatic hydroxyl groups is 1. The summed E-state index contributed by atoms with van der Waals surface area (Å²) in [6.07, 6.45) is 0. The molecule has 17 heavy (non-hydrogen) atoms. The predicted molar refractivity (Wildman–Crippen MR) is 65.8 cm³/mol. The van der Waals surface area contributed by atoms with E-state index in [1.807, 2.05) is 0 Å². The molecule has 1 aromatic carbocycles. The van der Waals surface area contributed by atoms with Gasteiger partial charge in [0.25, 0.3) is 5.91 Å². The Balaban J connectivity index is 2.33. The number of carbonyl (C=O) groups excluding carboxylic acids is 1. The van der Waals surface area contributed by atoms with E-state index < -0.39 is 0 Å². The number of benzene rings is 1. The Morgan fingerprint density at radius 2 is 2.24 bits per heavy atom. The SMILES string of the molecule is CN(CCO)C(=O)c1cc2ccc(F)cc2s1. The number of rotatable bonds is 3. The van der Waals surface area contributed by atoms with Crippen LogP contribution in [0, 0.1) is 5.82 Å². The lowest BCUT2D eigenvalue weighted by Gasteiger charge is -2.13. The van der Waals surface area contributed by atoms with Gasteiger partial charge in [-0.25, -0.2) is 4.39 Å². The van der Waals surface area contributed by atoms with Gasteiger partial charge in [0, 0.05) is 18.3 Å². The van der Waals surface area contributed by atoms with E-state index in [9.17, 15) is 9.18 Å². The van der Waals surface area contributed by atoms with Crippen LogP contribution in [-0.2, 0) is 0 Å². The number of aliphatic hydroxyl groups excluding tert-OH is 1. The van der Waals surface area contributed by atoms with Gasteiger partial charge in [0.05, 0.1) is 11.5 Å². The fourth-order valence-electron chi connectivity index (χ4n) is 1.55. The van der Waals surface area contributed by atoms with Gasteiger partial charge in [-0.3, -0.25) is 4.79 Å². The third-order valence-corrected chi connectivity index (χ3v) is 3.56. The molecule has 0 saturated heterocycles. The molecule has 0 fully saturated rings. The van der Waals surface area contributed by atoms with Crippen LogP contribution < -0.4 is 0 Å². The summed E-state index contributed by atoms with van der Waals surface area (Å²) >= 11 is 1.26. The maximum Gasteiger partial charge on any atom is 0.263 e. The van der Waals surface area contributed by atoms with Crippen molar-refractivity contribution in [3.63, 3.8) is 0 Å². The highest BCUT2D eigenvalue weighted by atomic mass is 32.1. The van der Waals surface area contributed by atoms with Crippen LogP contribution in [-0.4, -0.2) is 36.1 Å². The minimum atomic E-state index is -0.304. The molecule has 0 radical (unpaired) electrons. The van der Waals surface area contributed by atoms with Crippen LogP contribution in [0.1, 0.15) is 9.67 Å². The van der Waals surface area contributed by atoms with E-state index >= 15 is 0 Å². The average Bonchev–Trinajstić information content (AvgIpc) is 2.71. The smallest absolute Gasteiger partial charge is 0.263 e. The Labute approximate surface area is 102 Å². The number of halogens is 1. The van der Waals surface area contributed by atoms with Gasteiger partial charge in [-0.1, -0.05) is 6.07 Å². The largest absolute Gasteiger partial charge is 0.395 e. The van der Waals surface area contributed by atoms with E-state index in [4.69, 9.17) is 5.11 Å². The molecule has 2 rings (SSSR count). The molecule has 1 N–H and O–H groups in total. The number of amides is 1. The molecular weight excluding hydrogens is 241 g/mol. The van der Waals surface area contributed by atoms with Crippen molar-refractivity contribution in [1.82, 2.24) is 4.90 Å². The molecule has 0 aliphatic rings. The quantitative estimate of drug-likeness (QED) is 0.910. The molecule has 0 unspecified atom stereocenters. The van der Waals surface area contributed by atoms with E-state index in [1.165, 1.54) is 28.4 Å². The standard InChI is InChI=1S/C12H12FNO2S/c1-14(4-5-15)12(16)11-6-8-2-3-9(13)7-10(8)17-11/h2-3,6-7,15H,4-5H2,1H3. The Kier molecular flexibility index (Phi) is 3.40. The molecule has 5 heteroatoms. The number of fused-ring (bicyclic) bond motifs is 1. The van der Waals surface area contributed by atoms with E-state index in [0.717, 1.165) is 10.1 Å². The van der Waals surface area contributed by atoms with Gasteiger partial charge in [0.2, 0.25) is 0 Å². The normalized spacial score (nSPS) is 10.8. The van der Waals surface area contributed by atoms with Crippen LogP contribution in [0.5, 0.6) is 0 Å². The van der Waals surface area contributed by atoms with Crippen LogP contribution >= 0.6 is 11.3 Å². The number of thiophene rings is 1. The summed E-state index contributed by atoms with van der Waals surface area (Å²) in [7, 11) is 1.63. The summed E-state index contributed by atoms with van der Waals surface area (Å²) < 4.78 is 13.8. The number of nitrogens with zero attached hydrogens (tertiary/aromatic N) is 1. The van der Waals surface area contributed by atoms with Crippen LogP contribution in [0.2, 0.25) is 0 Å². The summed E-state index contributed by atoms with van der Waals surface area (Å²) in [6.45, 7) is 0.225. The molecule has 1 heterocycles. The molecule has 3 nitrogen and oxygen atoms in total. The highest BCUT2D eigenvalue weighted by Gasteiger charge is 2.14. The van der Waals surface area contributed by atoms with Gasteiger partial charge < -0.3 is 10.0 Å². The van der Waals surface area contributed by atoms with Gasteiger partial charge in [-0.05, 0) is 23.6 Å². The first-order chi connectivity index (χ1) is 8.11. The van der Waals surface area contributed by atoms with Gasteiger partial charge >= 0.3 is 0 Å². The Hall–Kier alpha value is -1.46. The summed E-state index contributed by atoms with van der Waals surface area (Å²) in [5, 5.41) is 9.63. The van der Waals surface area contributed by atoms with Gasteiger partial charge in [0.1, 0.15) is 5.82 Å². The second-order valence-electron chi connectivity index (χ2n) is 3.74. The molecule has 1 aromatic heterocycles. The number of carbonyl (C=O) groups is 1. The molecule has 0 aliphatic carbocycles. The van der Waals surface area contributed by atoms with Crippen LogP contribution in [0.15, 0.2) is 24.3 Å². The molecular formula is C12H12FNO2S. The molecule has 2 aromatic rings. The third-order valence-electron chi connectivity index (χ3n) is 2.48. The summed E-state index contributed by atoms with van der Waals surface area (Å²) in [6, 6.07) is 6.20. The maximum absolute atomic E-state index is 13.0. The average molecular weight is 253 g/mol. The lowest BCUT2D eigenvalue weighted by Crippen LogP contribution is -2.28. The minimum absolute atomic E-state index is 0.0677. The lowest BCUT2D eigenvalue weighted by atomic mass is 10.2. The van der Waals surface area contributed by atoms with E-state index in [2.05, 4.69) is 0 Å². The molecule has 0 aliphatic heterocycles. The van der Waals surface area contributed by atoms with Crippen LogP contribution in [0.3, 0.4) is 0 Å². The first kappa shape index (κ1) is 12.0. The predicted octanol–water partition coefficient (Wildman–Crippen LogP) is 2.10. The molecule has 1 amide bonds. The monoisotopic (exact) mass is 253 g/mol. The maximum atomic E-state index is 13.0. The zero-order valence-corrected chi connectivity index (χ0v) is 10.1. The van der Waals surface area contributed by atoms with Crippen molar-refractivity contribution in [2.45, 2.75) is 0 Å². The van der Waals surface area contributed by atoms with Crippen molar-refractivity contribution in [3.05, 3.63) is 35.0 Å². The second-order valence-corrected chi connectivity index (χ2v) is 4.83. The van der Waals surface area contributed by atoms with E-state index in [-0.39, 0.29) is 18.3 Å². The zero-order chi connectivity index (χ0) is 12.4. The fraction of sp³-hybridized carbons (Fsp3) is 0.250. The van der Waals surface area contributed by atoms with Crippen LogP contribution in [0.4, 0.5) is 4.39 Å². The van der Waals surface area contributed by atoms with E-state index in [1.54, 1.807) is 19.2 Å². The van der Waals surface area contributed by atoms with Crippen molar-refractivity contribution < 1.29 is 14.3 Å². The highest BCUT2D eigenvalue weighted by Crippen LogP contribution is 2.27.